The largest absolute Gasteiger partial charge is 0.356 e. The molecule has 3 amide bonds. The lowest BCUT2D eigenvalue weighted by atomic mass is 9.92. The molecule has 2 fully saturated rings. The first-order chi connectivity index (χ1) is 15.9. The number of nitrogens with one attached hydrogen (secondary N) is 4. The Kier molecular flexibility index (Phi) is 6.98. The maximum absolute atomic E-state index is 14.8. The molecule has 33 heavy (non-hydrogen) atoms. The zero-order chi connectivity index (χ0) is 23.5. The van der Waals surface area contributed by atoms with Gasteiger partial charge in [0.15, 0.2) is 5.82 Å². The Bertz CT molecular complexity index is 1120. The Morgan fingerprint density at radius 1 is 1.24 bits per heavy atom. The summed E-state index contributed by atoms with van der Waals surface area (Å²) in [6.45, 7) is 0.621. The molecule has 1 aliphatic carbocycles. The summed E-state index contributed by atoms with van der Waals surface area (Å²) >= 11 is 3.32. The van der Waals surface area contributed by atoms with Crippen molar-refractivity contribution in [3.05, 3.63) is 34.2 Å². The molecule has 2 heterocycles. The summed E-state index contributed by atoms with van der Waals surface area (Å²) in [6, 6.07) is 5.20. The lowest BCUT2D eigenvalue weighted by Gasteiger charge is -2.25. The van der Waals surface area contributed by atoms with Crippen LogP contribution in [0.3, 0.4) is 0 Å². The fourth-order valence-electron chi connectivity index (χ4n) is 4.20. The fourth-order valence-corrected chi connectivity index (χ4v) is 4.56. The number of aromatic amines is 1. The molecule has 3 unspecified atom stereocenters. The van der Waals surface area contributed by atoms with Crippen molar-refractivity contribution in [3.63, 3.8) is 0 Å². The van der Waals surface area contributed by atoms with Crippen LogP contribution in [0.5, 0.6) is 0 Å². The maximum Gasteiger partial charge on any atom is 0.271 e. The Labute approximate surface area is 198 Å². The molecule has 2 aliphatic rings. The molecule has 2 aromatic rings. The van der Waals surface area contributed by atoms with E-state index in [0.717, 1.165) is 23.7 Å². The number of aromatic nitrogens is 1. The van der Waals surface area contributed by atoms with Crippen molar-refractivity contribution in [2.24, 2.45) is 11.8 Å². The molecule has 8 nitrogen and oxygen atoms in total. The van der Waals surface area contributed by atoms with Gasteiger partial charge < -0.3 is 20.9 Å². The Hall–Kier alpha value is -2.93. The Morgan fingerprint density at radius 3 is 2.73 bits per heavy atom. The third-order valence-electron chi connectivity index (χ3n) is 6.20. The Balaban J connectivity index is 1.45. The number of fused-ring (bicyclic) bond motifs is 1. The van der Waals surface area contributed by atoms with Gasteiger partial charge >= 0.3 is 0 Å². The molecular formula is C23H25BrFN5O3. The quantitative estimate of drug-likeness (QED) is 0.429. The van der Waals surface area contributed by atoms with Crippen molar-refractivity contribution in [2.75, 3.05) is 6.54 Å². The zero-order valence-corrected chi connectivity index (χ0v) is 19.5. The summed E-state index contributed by atoms with van der Waals surface area (Å²) in [7, 11) is 0. The zero-order valence-electron chi connectivity index (χ0n) is 17.9. The number of carbonyl (C=O) groups is 3. The average Bonchev–Trinajstić information content (AvgIpc) is 3.55. The number of halogens is 2. The van der Waals surface area contributed by atoms with Gasteiger partial charge in [-0.1, -0.05) is 28.8 Å². The van der Waals surface area contributed by atoms with Crippen molar-refractivity contribution in [2.45, 2.75) is 50.6 Å². The van der Waals surface area contributed by atoms with E-state index in [1.807, 2.05) is 6.07 Å². The van der Waals surface area contributed by atoms with E-state index in [1.54, 1.807) is 18.2 Å². The van der Waals surface area contributed by atoms with Gasteiger partial charge in [0, 0.05) is 22.3 Å². The van der Waals surface area contributed by atoms with Crippen LogP contribution in [0.25, 0.3) is 10.9 Å². The number of hydrogen-bond donors (Lipinski definition) is 4. The van der Waals surface area contributed by atoms with Gasteiger partial charge in [0.05, 0.1) is 11.6 Å². The van der Waals surface area contributed by atoms with Crippen LogP contribution < -0.4 is 16.0 Å². The minimum atomic E-state index is -0.904. The van der Waals surface area contributed by atoms with E-state index in [4.69, 9.17) is 0 Å². The summed E-state index contributed by atoms with van der Waals surface area (Å²) in [5.74, 6) is -2.05. The van der Waals surface area contributed by atoms with Crippen molar-refractivity contribution >= 4 is 44.6 Å². The molecule has 10 heteroatoms. The van der Waals surface area contributed by atoms with E-state index in [-0.39, 0.29) is 29.3 Å². The number of rotatable bonds is 8. The van der Waals surface area contributed by atoms with Gasteiger partial charge in [0.25, 0.3) is 5.91 Å². The summed E-state index contributed by atoms with van der Waals surface area (Å²) in [5.41, 5.74) is 0.220. The first-order valence-electron chi connectivity index (χ1n) is 11.1. The van der Waals surface area contributed by atoms with Crippen molar-refractivity contribution in [1.82, 2.24) is 20.9 Å². The van der Waals surface area contributed by atoms with Gasteiger partial charge in [-0.05, 0) is 49.8 Å². The maximum atomic E-state index is 14.8. The minimum Gasteiger partial charge on any atom is -0.356 e. The SMILES string of the molecule is N#CC(CC1CCCNC1=O)NC(=O)C(CC1CC1)NC(=O)c1[nH]c2cc(Br)ccc2c1F. The molecule has 0 radical (unpaired) electrons. The highest BCUT2D eigenvalue weighted by Crippen LogP contribution is 2.34. The van der Waals surface area contributed by atoms with Gasteiger partial charge in [-0.25, -0.2) is 4.39 Å². The van der Waals surface area contributed by atoms with E-state index in [9.17, 15) is 24.0 Å². The van der Waals surface area contributed by atoms with E-state index in [2.05, 4.69) is 36.9 Å². The van der Waals surface area contributed by atoms with Crippen molar-refractivity contribution < 1.29 is 18.8 Å². The van der Waals surface area contributed by atoms with E-state index >= 15 is 0 Å². The van der Waals surface area contributed by atoms with Crippen molar-refractivity contribution in [3.8, 4) is 6.07 Å². The fraction of sp³-hybridized carbons (Fsp3) is 0.478. The van der Waals surface area contributed by atoms with Crippen LogP contribution in [0, 0.1) is 29.0 Å². The number of carbonyl (C=O) groups excluding carboxylic acids is 3. The number of piperidine rings is 1. The predicted octanol–water partition coefficient (Wildman–Crippen LogP) is 2.89. The second kappa shape index (κ2) is 9.91. The summed E-state index contributed by atoms with van der Waals surface area (Å²) < 4.78 is 15.5. The molecule has 0 spiro atoms. The normalized spacial score (nSPS) is 19.9. The third kappa shape index (κ3) is 5.53. The van der Waals surface area contributed by atoms with E-state index in [1.165, 1.54) is 0 Å². The van der Waals surface area contributed by atoms with E-state index < -0.39 is 29.7 Å². The number of benzene rings is 1. The number of nitrogens with zero attached hydrogens (tertiary/aromatic N) is 1. The highest BCUT2D eigenvalue weighted by Gasteiger charge is 2.33. The van der Waals surface area contributed by atoms with Crippen LogP contribution in [0.4, 0.5) is 4.39 Å². The third-order valence-corrected chi connectivity index (χ3v) is 6.70. The molecule has 1 saturated heterocycles. The Morgan fingerprint density at radius 2 is 2.03 bits per heavy atom. The van der Waals surface area contributed by atoms with E-state index in [0.29, 0.717) is 30.8 Å². The van der Waals surface area contributed by atoms with Crippen LogP contribution in [0.1, 0.15) is 49.0 Å². The second-order valence-electron chi connectivity index (χ2n) is 8.77. The average molecular weight is 518 g/mol. The standard InChI is InChI=1S/C23H25BrFN5O3/c24-14-5-6-16-17(10-14)29-20(19(16)25)23(33)30-18(8-12-3-4-12)22(32)28-15(11-26)9-13-2-1-7-27-21(13)31/h5-6,10,12-13,15,18,29H,1-4,7-9H2,(H,27,31)(H,28,32)(H,30,33). The molecule has 174 valence electrons. The van der Waals surface area contributed by atoms with Crippen LogP contribution in [-0.4, -0.2) is 41.3 Å². The van der Waals surface area contributed by atoms with Gasteiger partial charge in [-0.3, -0.25) is 14.4 Å². The molecule has 1 aromatic heterocycles. The van der Waals surface area contributed by atoms with Crippen LogP contribution in [-0.2, 0) is 9.59 Å². The van der Waals surface area contributed by atoms with Gasteiger partial charge in [0.2, 0.25) is 11.8 Å². The monoisotopic (exact) mass is 517 g/mol. The topological polar surface area (TPSA) is 127 Å². The summed E-state index contributed by atoms with van der Waals surface area (Å²) in [4.78, 5) is 40.6. The van der Waals surface area contributed by atoms with Gasteiger partial charge in [0.1, 0.15) is 17.8 Å². The van der Waals surface area contributed by atoms with Gasteiger partial charge in [-0.15, -0.1) is 0 Å². The lowest BCUT2D eigenvalue weighted by molar-refractivity contribution is -0.128. The first kappa shape index (κ1) is 23.2. The first-order valence-corrected chi connectivity index (χ1v) is 11.9. The van der Waals surface area contributed by atoms with Crippen LogP contribution >= 0.6 is 15.9 Å². The minimum absolute atomic E-state index is 0.112. The number of H-pyrrole nitrogens is 1. The second-order valence-corrected chi connectivity index (χ2v) is 9.68. The molecule has 1 aromatic carbocycles. The molecular weight excluding hydrogens is 493 g/mol. The smallest absolute Gasteiger partial charge is 0.271 e. The molecule has 0 bridgehead atoms. The highest BCUT2D eigenvalue weighted by molar-refractivity contribution is 9.10. The molecule has 4 rings (SSSR count). The number of amides is 3. The molecule has 1 saturated carbocycles. The number of nitriles is 1. The van der Waals surface area contributed by atoms with Crippen LogP contribution in [0.15, 0.2) is 22.7 Å². The lowest BCUT2D eigenvalue weighted by Crippen LogP contribution is -2.50. The van der Waals surface area contributed by atoms with Gasteiger partial charge in [-0.2, -0.15) is 5.26 Å². The molecule has 4 N–H and O–H groups in total. The summed E-state index contributed by atoms with van der Waals surface area (Å²) in [6.07, 6.45) is 4.03. The van der Waals surface area contributed by atoms with Crippen LogP contribution in [0.2, 0.25) is 0 Å². The summed E-state index contributed by atoms with van der Waals surface area (Å²) in [5, 5.41) is 17.9. The predicted molar refractivity (Wildman–Crippen MR) is 122 cm³/mol. The molecule has 1 aliphatic heterocycles. The molecule has 3 atom stereocenters. The number of hydrogen-bond acceptors (Lipinski definition) is 4. The van der Waals surface area contributed by atoms with Crippen molar-refractivity contribution in [1.29, 1.82) is 5.26 Å². The highest BCUT2D eigenvalue weighted by atomic mass is 79.9.